The van der Waals surface area contributed by atoms with Gasteiger partial charge in [0.15, 0.2) is 5.65 Å². The standard InChI is InChI=1S/C10H7BrN4S/c1-15-7-3-2-5(11)4-6(7)8-9(15)12-10(16)14-13-8/h2-4H,1H3,(H,12,14,16). The summed E-state index contributed by atoms with van der Waals surface area (Å²) in [5.74, 6) is 0. The first-order chi connectivity index (χ1) is 7.66. The van der Waals surface area contributed by atoms with Crippen LogP contribution in [0.5, 0.6) is 0 Å². The highest BCUT2D eigenvalue weighted by Gasteiger charge is 2.10. The Labute approximate surface area is 104 Å². The summed E-state index contributed by atoms with van der Waals surface area (Å²) in [5.41, 5.74) is 2.73. The van der Waals surface area contributed by atoms with Gasteiger partial charge in [0.25, 0.3) is 0 Å². The average Bonchev–Trinajstić information content (AvgIpc) is 2.52. The van der Waals surface area contributed by atoms with E-state index in [4.69, 9.17) is 12.2 Å². The van der Waals surface area contributed by atoms with Gasteiger partial charge in [-0.05, 0) is 30.4 Å². The summed E-state index contributed by atoms with van der Waals surface area (Å²) in [6.07, 6.45) is 0. The van der Waals surface area contributed by atoms with Crippen LogP contribution in [0.15, 0.2) is 22.7 Å². The van der Waals surface area contributed by atoms with Crippen LogP contribution in [-0.4, -0.2) is 19.7 Å². The molecule has 2 heterocycles. The zero-order valence-electron chi connectivity index (χ0n) is 8.36. The van der Waals surface area contributed by atoms with Gasteiger partial charge in [-0.25, -0.2) is 0 Å². The summed E-state index contributed by atoms with van der Waals surface area (Å²) < 4.78 is 3.42. The second-order valence-electron chi connectivity index (χ2n) is 3.53. The number of aryl methyl sites for hydroxylation is 1. The molecule has 0 saturated carbocycles. The van der Waals surface area contributed by atoms with Crippen molar-refractivity contribution in [2.45, 2.75) is 0 Å². The Kier molecular flexibility index (Phi) is 2.08. The summed E-state index contributed by atoms with van der Waals surface area (Å²) in [6.45, 7) is 0. The highest BCUT2D eigenvalue weighted by atomic mass is 79.9. The van der Waals surface area contributed by atoms with Crippen molar-refractivity contribution in [3.8, 4) is 0 Å². The van der Waals surface area contributed by atoms with E-state index in [1.54, 1.807) is 0 Å². The molecule has 3 aromatic rings. The average molecular weight is 295 g/mol. The van der Waals surface area contributed by atoms with Gasteiger partial charge in [-0.2, -0.15) is 10.1 Å². The van der Waals surface area contributed by atoms with Gasteiger partial charge in [-0.1, -0.05) is 15.9 Å². The Balaban J connectivity index is 2.64. The summed E-state index contributed by atoms with van der Waals surface area (Å²) in [5, 5.41) is 8.02. The zero-order chi connectivity index (χ0) is 11.3. The third-order valence-electron chi connectivity index (χ3n) is 2.58. The molecule has 0 unspecified atom stereocenters. The van der Waals surface area contributed by atoms with Crippen molar-refractivity contribution in [2.24, 2.45) is 7.05 Å². The third-order valence-corrected chi connectivity index (χ3v) is 3.25. The smallest absolute Gasteiger partial charge is 0.215 e. The fraction of sp³-hybridized carbons (Fsp3) is 0.100. The third kappa shape index (κ3) is 1.30. The maximum atomic E-state index is 4.98. The Bertz CT molecular complexity index is 758. The van der Waals surface area contributed by atoms with E-state index >= 15 is 0 Å². The van der Waals surface area contributed by atoms with Crippen LogP contribution in [0.1, 0.15) is 0 Å². The molecule has 0 aliphatic heterocycles. The van der Waals surface area contributed by atoms with E-state index in [0.717, 1.165) is 26.5 Å². The lowest BCUT2D eigenvalue weighted by Crippen LogP contribution is -1.92. The van der Waals surface area contributed by atoms with Crippen molar-refractivity contribution < 1.29 is 0 Å². The molecule has 0 radical (unpaired) electrons. The molecule has 1 aromatic carbocycles. The minimum Gasteiger partial charge on any atom is -0.327 e. The van der Waals surface area contributed by atoms with Crippen molar-refractivity contribution in [2.75, 3.05) is 0 Å². The summed E-state index contributed by atoms with van der Waals surface area (Å²) in [6, 6.07) is 6.06. The predicted octanol–water partition coefficient (Wildman–Crippen LogP) is 2.94. The van der Waals surface area contributed by atoms with Crippen LogP contribution in [0.4, 0.5) is 0 Å². The van der Waals surface area contributed by atoms with E-state index < -0.39 is 0 Å². The van der Waals surface area contributed by atoms with Gasteiger partial charge < -0.3 is 4.57 Å². The van der Waals surface area contributed by atoms with Gasteiger partial charge in [0.1, 0.15) is 5.52 Å². The molecular formula is C10H7BrN4S. The maximum Gasteiger partial charge on any atom is 0.215 e. The molecule has 0 aliphatic rings. The second kappa shape index (κ2) is 3.36. The van der Waals surface area contributed by atoms with Crippen molar-refractivity contribution >= 4 is 50.2 Å². The molecule has 0 spiro atoms. The number of H-pyrrole nitrogens is 1. The molecule has 0 fully saturated rings. The number of benzene rings is 1. The van der Waals surface area contributed by atoms with E-state index in [1.807, 2.05) is 29.8 Å². The molecule has 3 rings (SSSR count). The first kappa shape index (κ1) is 9.92. The quantitative estimate of drug-likeness (QED) is 0.649. The van der Waals surface area contributed by atoms with E-state index in [-0.39, 0.29) is 0 Å². The van der Waals surface area contributed by atoms with Crippen LogP contribution in [0.2, 0.25) is 0 Å². The number of fused-ring (bicyclic) bond motifs is 3. The molecule has 0 saturated heterocycles. The topological polar surface area (TPSA) is 46.5 Å². The molecule has 0 amide bonds. The fourth-order valence-corrected chi connectivity index (χ4v) is 2.34. The lowest BCUT2D eigenvalue weighted by Gasteiger charge is -1.95. The monoisotopic (exact) mass is 294 g/mol. The van der Waals surface area contributed by atoms with Crippen LogP contribution in [-0.2, 0) is 7.05 Å². The summed E-state index contributed by atoms with van der Waals surface area (Å²) in [4.78, 5) is 4.29. The molecule has 4 nitrogen and oxygen atoms in total. The van der Waals surface area contributed by atoms with Crippen molar-refractivity contribution in [3.05, 3.63) is 27.4 Å². The molecule has 6 heteroatoms. The normalized spacial score (nSPS) is 11.4. The van der Waals surface area contributed by atoms with Gasteiger partial charge >= 0.3 is 0 Å². The van der Waals surface area contributed by atoms with E-state index in [1.165, 1.54) is 0 Å². The highest BCUT2D eigenvalue weighted by Crippen LogP contribution is 2.27. The summed E-state index contributed by atoms with van der Waals surface area (Å²) in [7, 11) is 1.96. The minimum atomic E-state index is 0.400. The number of hydrogen-bond donors (Lipinski definition) is 1. The lowest BCUT2D eigenvalue weighted by atomic mass is 10.2. The van der Waals surface area contributed by atoms with Crippen molar-refractivity contribution in [1.29, 1.82) is 0 Å². The van der Waals surface area contributed by atoms with Crippen LogP contribution >= 0.6 is 28.1 Å². The number of hydrogen-bond acceptors (Lipinski definition) is 3. The number of aromatic amines is 1. The first-order valence-electron chi connectivity index (χ1n) is 4.67. The Morgan fingerprint density at radius 2 is 2.25 bits per heavy atom. The maximum absolute atomic E-state index is 4.98. The SMILES string of the molecule is Cn1c2ccc(Br)cc2c2n[nH]c(=S)nc21. The first-order valence-corrected chi connectivity index (χ1v) is 5.87. The van der Waals surface area contributed by atoms with E-state index in [2.05, 4.69) is 31.1 Å². The molecule has 0 bridgehead atoms. The second-order valence-corrected chi connectivity index (χ2v) is 4.84. The van der Waals surface area contributed by atoms with Crippen LogP contribution < -0.4 is 0 Å². The molecule has 1 N–H and O–H groups in total. The van der Waals surface area contributed by atoms with Gasteiger partial charge in [-0.15, -0.1) is 0 Å². The predicted molar refractivity (Wildman–Crippen MR) is 68.9 cm³/mol. The number of rotatable bonds is 0. The van der Waals surface area contributed by atoms with Gasteiger partial charge in [0, 0.05) is 16.9 Å². The number of nitrogens with one attached hydrogen (secondary N) is 1. The summed E-state index contributed by atoms with van der Waals surface area (Å²) >= 11 is 8.43. The molecule has 0 atom stereocenters. The number of nitrogens with zero attached hydrogens (tertiary/aromatic N) is 3. The molecule has 2 aromatic heterocycles. The molecular weight excluding hydrogens is 288 g/mol. The Hall–Kier alpha value is -1.27. The van der Waals surface area contributed by atoms with Crippen LogP contribution in [0.25, 0.3) is 22.1 Å². The van der Waals surface area contributed by atoms with Crippen LogP contribution in [0.3, 0.4) is 0 Å². The molecule has 0 aliphatic carbocycles. The minimum absolute atomic E-state index is 0.400. The number of halogens is 1. The Morgan fingerprint density at radius 3 is 3.06 bits per heavy atom. The molecule has 80 valence electrons. The molecule has 16 heavy (non-hydrogen) atoms. The van der Waals surface area contributed by atoms with Gasteiger partial charge in [0.05, 0.1) is 5.52 Å². The highest BCUT2D eigenvalue weighted by molar-refractivity contribution is 9.10. The van der Waals surface area contributed by atoms with Crippen molar-refractivity contribution in [3.63, 3.8) is 0 Å². The van der Waals surface area contributed by atoms with Gasteiger partial charge in [-0.3, -0.25) is 5.10 Å². The largest absolute Gasteiger partial charge is 0.327 e. The zero-order valence-corrected chi connectivity index (χ0v) is 10.8. The van der Waals surface area contributed by atoms with Gasteiger partial charge in [0.2, 0.25) is 4.77 Å². The fourth-order valence-electron chi connectivity index (χ4n) is 1.85. The number of aromatic nitrogens is 4. The van der Waals surface area contributed by atoms with E-state index in [9.17, 15) is 0 Å². The van der Waals surface area contributed by atoms with Crippen molar-refractivity contribution in [1.82, 2.24) is 19.7 Å². The van der Waals surface area contributed by atoms with E-state index in [0.29, 0.717) is 4.77 Å². The van der Waals surface area contributed by atoms with Crippen LogP contribution in [0, 0.1) is 4.77 Å². The lowest BCUT2D eigenvalue weighted by molar-refractivity contribution is 0.941. The Morgan fingerprint density at radius 1 is 1.44 bits per heavy atom.